The number of halogens is 2. The number of hydrogen-bond donors (Lipinski definition) is 1. The van der Waals surface area contributed by atoms with Crippen molar-refractivity contribution in [3.63, 3.8) is 0 Å². The molecule has 1 fully saturated rings. The van der Waals surface area contributed by atoms with Crippen LogP contribution in [0.1, 0.15) is 5.56 Å². The summed E-state index contributed by atoms with van der Waals surface area (Å²) in [7, 11) is 0. The van der Waals surface area contributed by atoms with E-state index in [1.165, 1.54) is 0 Å². The monoisotopic (exact) mass is 320 g/mol. The molecule has 0 amide bonds. The summed E-state index contributed by atoms with van der Waals surface area (Å²) in [5.41, 5.74) is -0.572. The van der Waals surface area contributed by atoms with Crippen molar-refractivity contribution in [2.45, 2.75) is 11.8 Å². The largest absolute Gasteiger partial charge is 0.311 e. The summed E-state index contributed by atoms with van der Waals surface area (Å²) in [6.07, 6.45) is 0. The highest BCUT2D eigenvalue weighted by atomic mass is 32.2. The third-order valence-electron chi connectivity index (χ3n) is 2.88. The van der Waals surface area contributed by atoms with Crippen molar-refractivity contribution in [1.29, 1.82) is 0 Å². The molecule has 1 atom stereocenters. The van der Waals surface area contributed by atoms with Crippen molar-refractivity contribution in [3.05, 3.63) is 39.4 Å². The van der Waals surface area contributed by atoms with Gasteiger partial charge in [-0.15, -0.1) is 0 Å². The van der Waals surface area contributed by atoms with Gasteiger partial charge in [-0.2, -0.15) is 27.9 Å². The topological polar surface area (TPSA) is 55.2 Å². The molecule has 20 heavy (non-hydrogen) atoms. The van der Waals surface area contributed by atoms with Crippen LogP contribution in [-0.4, -0.2) is 34.0 Å². The first-order valence-electron chi connectivity index (χ1n) is 6.10. The molecule has 1 saturated heterocycles. The van der Waals surface area contributed by atoms with Crippen LogP contribution in [0.2, 0.25) is 0 Å². The minimum atomic E-state index is -1.14. The van der Waals surface area contributed by atoms with E-state index in [4.69, 9.17) is 0 Å². The predicted octanol–water partition coefficient (Wildman–Crippen LogP) is 2.81. The van der Waals surface area contributed by atoms with E-state index in [0.29, 0.717) is 17.9 Å². The van der Waals surface area contributed by atoms with Crippen molar-refractivity contribution in [1.82, 2.24) is 5.32 Å². The van der Waals surface area contributed by atoms with Gasteiger partial charge in [0, 0.05) is 53.3 Å². The first-order valence-corrected chi connectivity index (χ1v) is 8.30. The Kier molecular flexibility index (Phi) is 5.62. The summed E-state index contributed by atoms with van der Waals surface area (Å²) < 4.78 is 26.7. The highest BCUT2D eigenvalue weighted by Gasteiger charge is 2.19. The van der Waals surface area contributed by atoms with E-state index in [-0.39, 0.29) is 12.1 Å². The number of nitrogens with zero attached hydrogens (tertiary/aromatic N) is 1. The zero-order valence-corrected chi connectivity index (χ0v) is 12.2. The Labute approximate surface area is 123 Å². The van der Waals surface area contributed by atoms with E-state index in [1.807, 2.05) is 23.5 Å². The van der Waals surface area contributed by atoms with Crippen LogP contribution in [0.15, 0.2) is 12.1 Å². The van der Waals surface area contributed by atoms with Gasteiger partial charge in [0.2, 0.25) is 5.82 Å². The molecule has 1 aromatic carbocycles. The lowest BCUT2D eigenvalue weighted by molar-refractivity contribution is -0.387. The Morgan fingerprint density at radius 3 is 2.80 bits per heavy atom. The smallest absolute Gasteiger partial charge is 0.305 e. The molecule has 0 saturated carbocycles. The lowest BCUT2D eigenvalue weighted by Crippen LogP contribution is -2.28. The normalized spacial score (nSPS) is 19.0. The van der Waals surface area contributed by atoms with Crippen LogP contribution in [-0.2, 0) is 6.54 Å². The van der Waals surface area contributed by atoms with Crippen LogP contribution < -0.4 is 5.32 Å². The minimum Gasteiger partial charge on any atom is -0.311 e. The lowest BCUT2D eigenvalue weighted by atomic mass is 10.1. The molecule has 0 radical (unpaired) electrons. The first-order chi connectivity index (χ1) is 9.58. The second-order valence-electron chi connectivity index (χ2n) is 4.35. The Hall–Kier alpha value is -0.860. The van der Waals surface area contributed by atoms with E-state index in [1.54, 1.807) is 0 Å². The molecule has 0 spiro atoms. The van der Waals surface area contributed by atoms with Crippen molar-refractivity contribution >= 4 is 29.2 Å². The van der Waals surface area contributed by atoms with Gasteiger partial charge in [0.1, 0.15) is 5.82 Å². The number of rotatable bonds is 5. The summed E-state index contributed by atoms with van der Waals surface area (Å²) in [6.45, 7) is 0.872. The second-order valence-corrected chi connectivity index (χ2v) is 6.91. The highest BCUT2D eigenvalue weighted by molar-refractivity contribution is 8.06. The molecule has 0 bridgehead atoms. The summed E-state index contributed by atoms with van der Waals surface area (Å²) in [5.74, 6) is 1.40. The molecule has 2 rings (SSSR count). The summed E-state index contributed by atoms with van der Waals surface area (Å²) in [5, 5.41) is 14.2. The summed E-state index contributed by atoms with van der Waals surface area (Å²) in [6, 6.07) is 1.53. The maximum atomic E-state index is 13.5. The third-order valence-corrected chi connectivity index (χ3v) is 5.73. The van der Waals surface area contributed by atoms with Crippen LogP contribution in [0, 0.1) is 21.7 Å². The molecule has 4 nitrogen and oxygen atoms in total. The molecule has 1 aromatic rings. The highest BCUT2D eigenvalue weighted by Crippen LogP contribution is 2.24. The number of nitro benzene ring substituents is 1. The molecule has 1 N–H and O–H groups in total. The Morgan fingerprint density at radius 2 is 2.15 bits per heavy atom. The SMILES string of the molecule is O=[N+]([O-])c1cc(CNCC2CSCCS2)c(F)cc1F. The quantitative estimate of drug-likeness (QED) is 0.668. The van der Waals surface area contributed by atoms with Gasteiger partial charge >= 0.3 is 5.69 Å². The van der Waals surface area contributed by atoms with Crippen LogP contribution in [0.4, 0.5) is 14.5 Å². The van der Waals surface area contributed by atoms with Crippen LogP contribution in [0.5, 0.6) is 0 Å². The fourth-order valence-corrected chi connectivity index (χ4v) is 4.52. The molecular formula is C12H14F2N2O2S2. The van der Waals surface area contributed by atoms with Crippen molar-refractivity contribution in [3.8, 4) is 0 Å². The van der Waals surface area contributed by atoms with Crippen molar-refractivity contribution in [2.24, 2.45) is 0 Å². The molecule has 8 heteroatoms. The van der Waals surface area contributed by atoms with Gasteiger partial charge in [0.25, 0.3) is 0 Å². The van der Waals surface area contributed by atoms with Gasteiger partial charge < -0.3 is 5.32 Å². The van der Waals surface area contributed by atoms with Gasteiger partial charge in [0.15, 0.2) is 0 Å². The molecule has 0 aliphatic carbocycles. The Balaban J connectivity index is 1.94. The molecule has 0 aromatic heterocycles. The molecule has 1 aliphatic heterocycles. The third kappa shape index (κ3) is 4.07. The average Bonchev–Trinajstić information content (AvgIpc) is 2.42. The Morgan fingerprint density at radius 1 is 1.35 bits per heavy atom. The first kappa shape index (κ1) is 15.5. The van der Waals surface area contributed by atoms with E-state index in [2.05, 4.69) is 5.32 Å². The van der Waals surface area contributed by atoms with E-state index in [9.17, 15) is 18.9 Å². The average molecular weight is 320 g/mol. The van der Waals surface area contributed by atoms with Crippen molar-refractivity contribution < 1.29 is 13.7 Å². The molecule has 110 valence electrons. The number of benzene rings is 1. The number of nitrogens with one attached hydrogen (secondary N) is 1. The molecule has 1 aliphatic rings. The fraction of sp³-hybridized carbons (Fsp3) is 0.500. The van der Waals surface area contributed by atoms with Gasteiger partial charge in [-0.1, -0.05) is 0 Å². The Bertz CT molecular complexity index is 497. The van der Waals surface area contributed by atoms with E-state index < -0.39 is 22.2 Å². The summed E-state index contributed by atoms with van der Waals surface area (Å²) in [4.78, 5) is 9.78. The van der Waals surface area contributed by atoms with Gasteiger partial charge in [-0.25, -0.2) is 4.39 Å². The van der Waals surface area contributed by atoms with E-state index >= 15 is 0 Å². The number of hydrogen-bond acceptors (Lipinski definition) is 5. The zero-order valence-electron chi connectivity index (χ0n) is 10.6. The van der Waals surface area contributed by atoms with Gasteiger partial charge in [0.05, 0.1) is 4.92 Å². The fourth-order valence-electron chi connectivity index (χ4n) is 1.88. The zero-order chi connectivity index (χ0) is 14.5. The molecular weight excluding hydrogens is 306 g/mol. The molecule has 1 unspecified atom stereocenters. The lowest BCUT2D eigenvalue weighted by Gasteiger charge is -2.21. The second kappa shape index (κ2) is 7.24. The van der Waals surface area contributed by atoms with Crippen molar-refractivity contribution in [2.75, 3.05) is 23.8 Å². The maximum Gasteiger partial charge on any atom is 0.305 e. The predicted molar refractivity (Wildman–Crippen MR) is 78.3 cm³/mol. The van der Waals surface area contributed by atoms with Crippen LogP contribution in [0.25, 0.3) is 0 Å². The standard InChI is InChI=1S/C12H14F2N2O2S2/c13-10-4-11(14)12(16(17)18)3-8(10)5-15-6-9-7-19-1-2-20-9/h3-4,9,15H,1-2,5-7H2. The maximum absolute atomic E-state index is 13.5. The van der Waals surface area contributed by atoms with E-state index in [0.717, 1.165) is 23.3 Å². The number of thioether (sulfide) groups is 2. The van der Waals surface area contributed by atoms with Crippen LogP contribution in [0.3, 0.4) is 0 Å². The molecule has 1 heterocycles. The minimum absolute atomic E-state index is 0.117. The summed E-state index contributed by atoms with van der Waals surface area (Å²) >= 11 is 3.75. The van der Waals surface area contributed by atoms with Gasteiger partial charge in [-0.05, 0) is 0 Å². The van der Waals surface area contributed by atoms with Gasteiger partial charge in [-0.3, -0.25) is 10.1 Å². The van der Waals surface area contributed by atoms with Crippen LogP contribution >= 0.6 is 23.5 Å². The number of nitro groups is 1.